The lowest BCUT2D eigenvalue weighted by atomic mass is 10.3. The van der Waals surface area contributed by atoms with E-state index in [-0.39, 0.29) is 24.0 Å². The van der Waals surface area contributed by atoms with Crippen LogP contribution in [0.5, 0.6) is 0 Å². The van der Waals surface area contributed by atoms with Crippen LogP contribution in [0.3, 0.4) is 0 Å². The van der Waals surface area contributed by atoms with Gasteiger partial charge in [-0.15, -0.1) is 29.1 Å². The van der Waals surface area contributed by atoms with Gasteiger partial charge in [-0.25, -0.2) is 4.98 Å². The van der Waals surface area contributed by atoms with Crippen LogP contribution in [0.2, 0.25) is 0 Å². The number of nitrogens with one attached hydrogen (secondary N) is 2. The van der Waals surface area contributed by atoms with Crippen LogP contribution in [0.1, 0.15) is 11.5 Å². The highest BCUT2D eigenvalue weighted by molar-refractivity contribution is 14.0. The number of hydrogen-bond donors (Lipinski definition) is 2. The number of hydrogen-bond acceptors (Lipinski definition) is 7. The highest BCUT2D eigenvalue weighted by atomic mass is 127. The fourth-order valence-electron chi connectivity index (χ4n) is 3.05. The maximum Gasteiger partial charge on any atom is 0.216 e. The lowest BCUT2D eigenvalue weighted by Gasteiger charge is -2.36. The van der Waals surface area contributed by atoms with Crippen molar-refractivity contribution in [1.29, 1.82) is 0 Å². The second kappa shape index (κ2) is 9.68. The molecule has 0 aromatic carbocycles. The summed E-state index contributed by atoms with van der Waals surface area (Å²) in [7, 11) is 1.79. The number of nitrogens with zero attached hydrogens (tertiary/aromatic N) is 6. The van der Waals surface area contributed by atoms with Crippen LogP contribution in [0.25, 0.3) is 11.6 Å². The minimum atomic E-state index is 0. The monoisotopic (exact) mass is 498 g/mol. The molecule has 4 rings (SSSR count). The van der Waals surface area contributed by atoms with Crippen molar-refractivity contribution in [3.05, 3.63) is 42.2 Å². The summed E-state index contributed by atoms with van der Waals surface area (Å²) in [5, 5.41) is 14.4. The molecule has 0 aliphatic carbocycles. The summed E-state index contributed by atoms with van der Waals surface area (Å²) in [5.41, 5.74) is 0.962. The number of rotatable bonds is 5. The molecule has 1 saturated heterocycles. The van der Waals surface area contributed by atoms with E-state index in [1.54, 1.807) is 19.6 Å². The van der Waals surface area contributed by atoms with Gasteiger partial charge in [0.15, 0.2) is 11.7 Å². The lowest BCUT2D eigenvalue weighted by Crippen LogP contribution is -2.52. The van der Waals surface area contributed by atoms with Gasteiger partial charge in [0.05, 0.1) is 18.5 Å². The average molecular weight is 498 g/mol. The molecular weight excluding hydrogens is 475 g/mol. The SMILES string of the molecule is CN=C(NCc1nc(-c2ccco2)n[nH]1)N1CCN(Cc2ccon2)CC1.I. The van der Waals surface area contributed by atoms with Crippen molar-refractivity contribution in [2.24, 2.45) is 4.99 Å². The van der Waals surface area contributed by atoms with Crippen molar-refractivity contribution in [3.8, 4) is 11.6 Å². The van der Waals surface area contributed by atoms with Gasteiger partial charge in [-0.3, -0.25) is 15.0 Å². The molecule has 0 bridgehead atoms. The zero-order chi connectivity index (χ0) is 18.5. The molecule has 2 N–H and O–H groups in total. The molecule has 11 heteroatoms. The molecule has 10 nitrogen and oxygen atoms in total. The minimum absolute atomic E-state index is 0. The number of furan rings is 1. The van der Waals surface area contributed by atoms with Crippen LogP contribution in [0, 0.1) is 0 Å². The third-order valence-electron chi connectivity index (χ3n) is 4.45. The molecule has 3 aromatic rings. The molecule has 0 spiro atoms. The number of halogens is 1. The van der Waals surface area contributed by atoms with E-state index in [1.165, 1.54) is 0 Å². The van der Waals surface area contributed by atoms with Crippen molar-refractivity contribution >= 4 is 29.9 Å². The largest absolute Gasteiger partial charge is 0.461 e. The standard InChI is InChI=1S/C17H22N8O2.HI/c1-18-17(19-11-15-20-16(22-21-15)14-3-2-9-26-14)25-7-5-24(6-8-25)12-13-4-10-27-23-13;/h2-4,9-10H,5-8,11-12H2,1H3,(H,18,19)(H,20,21,22);1H. The number of aliphatic imine (C=N–C) groups is 1. The van der Waals surface area contributed by atoms with Crippen LogP contribution in [0.4, 0.5) is 0 Å². The first-order chi connectivity index (χ1) is 13.3. The number of aromatic amines is 1. The highest BCUT2D eigenvalue weighted by Crippen LogP contribution is 2.14. The fraction of sp³-hybridized carbons (Fsp3) is 0.412. The molecule has 150 valence electrons. The Hall–Kier alpha value is -2.41. The number of guanidine groups is 1. The van der Waals surface area contributed by atoms with Gasteiger partial charge < -0.3 is 19.2 Å². The Labute approximate surface area is 179 Å². The minimum Gasteiger partial charge on any atom is -0.461 e. The molecule has 0 unspecified atom stereocenters. The molecule has 0 atom stereocenters. The zero-order valence-corrected chi connectivity index (χ0v) is 17.9. The Morgan fingerprint density at radius 3 is 2.79 bits per heavy atom. The van der Waals surface area contributed by atoms with Gasteiger partial charge in [-0.05, 0) is 12.1 Å². The summed E-state index contributed by atoms with van der Waals surface area (Å²) in [5.74, 6) is 2.78. The van der Waals surface area contributed by atoms with Crippen LogP contribution < -0.4 is 5.32 Å². The van der Waals surface area contributed by atoms with E-state index in [2.05, 4.69) is 40.4 Å². The van der Waals surface area contributed by atoms with E-state index in [0.29, 0.717) is 18.1 Å². The Balaban J connectivity index is 0.00000225. The Morgan fingerprint density at radius 1 is 1.25 bits per heavy atom. The average Bonchev–Trinajstić information content (AvgIpc) is 3.46. The smallest absolute Gasteiger partial charge is 0.216 e. The van der Waals surface area contributed by atoms with Gasteiger partial charge in [0, 0.05) is 45.8 Å². The first kappa shape index (κ1) is 20.3. The summed E-state index contributed by atoms with van der Waals surface area (Å²) in [6, 6.07) is 5.55. The summed E-state index contributed by atoms with van der Waals surface area (Å²) < 4.78 is 10.2. The third kappa shape index (κ3) is 4.90. The van der Waals surface area contributed by atoms with E-state index in [1.807, 2.05) is 18.2 Å². The van der Waals surface area contributed by atoms with Crippen molar-refractivity contribution in [1.82, 2.24) is 35.5 Å². The van der Waals surface area contributed by atoms with E-state index in [4.69, 9.17) is 8.94 Å². The van der Waals surface area contributed by atoms with Crippen LogP contribution in [0.15, 0.2) is 44.7 Å². The van der Waals surface area contributed by atoms with Gasteiger partial charge in [0.1, 0.15) is 12.1 Å². The van der Waals surface area contributed by atoms with Crippen LogP contribution in [-0.2, 0) is 13.1 Å². The van der Waals surface area contributed by atoms with Gasteiger partial charge in [0.25, 0.3) is 0 Å². The third-order valence-corrected chi connectivity index (χ3v) is 4.45. The topological polar surface area (TPSA) is 112 Å². The van der Waals surface area contributed by atoms with Crippen molar-refractivity contribution in [2.75, 3.05) is 33.2 Å². The van der Waals surface area contributed by atoms with E-state index >= 15 is 0 Å². The molecule has 3 aromatic heterocycles. The molecule has 0 radical (unpaired) electrons. The summed E-state index contributed by atoms with van der Waals surface area (Å²) in [6.45, 7) is 5.00. The number of H-pyrrole nitrogens is 1. The first-order valence-corrected chi connectivity index (χ1v) is 8.84. The Bertz CT molecular complexity index is 854. The second-order valence-corrected chi connectivity index (χ2v) is 6.24. The lowest BCUT2D eigenvalue weighted by molar-refractivity contribution is 0.169. The summed E-state index contributed by atoms with van der Waals surface area (Å²) in [4.78, 5) is 13.4. The predicted molar refractivity (Wildman–Crippen MR) is 113 cm³/mol. The highest BCUT2D eigenvalue weighted by Gasteiger charge is 2.20. The molecule has 1 aliphatic rings. The molecule has 4 heterocycles. The van der Waals surface area contributed by atoms with Crippen molar-refractivity contribution < 1.29 is 8.94 Å². The fourth-order valence-corrected chi connectivity index (χ4v) is 3.05. The second-order valence-electron chi connectivity index (χ2n) is 6.24. The van der Waals surface area contributed by atoms with Crippen LogP contribution in [-0.4, -0.2) is 69.3 Å². The molecular formula is C17H23IN8O2. The molecule has 28 heavy (non-hydrogen) atoms. The predicted octanol–water partition coefficient (Wildman–Crippen LogP) is 1.56. The normalized spacial score (nSPS) is 15.5. The molecule has 1 aliphatic heterocycles. The Morgan fingerprint density at radius 2 is 2.11 bits per heavy atom. The zero-order valence-electron chi connectivity index (χ0n) is 15.5. The van der Waals surface area contributed by atoms with E-state index in [0.717, 1.165) is 50.2 Å². The number of piperazine rings is 1. The number of aromatic nitrogens is 4. The van der Waals surface area contributed by atoms with Crippen molar-refractivity contribution in [3.63, 3.8) is 0 Å². The van der Waals surface area contributed by atoms with Gasteiger partial charge in [-0.2, -0.15) is 0 Å². The van der Waals surface area contributed by atoms with Gasteiger partial charge in [0.2, 0.25) is 5.82 Å². The van der Waals surface area contributed by atoms with Crippen LogP contribution >= 0.6 is 24.0 Å². The van der Waals surface area contributed by atoms with Gasteiger partial charge in [-0.1, -0.05) is 5.16 Å². The van der Waals surface area contributed by atoms with Crippen molar-refractivity contribution in [2.45, 2.75) is 13.1 Å². The Kier molecular flexibility index (Phi) is 7.03. The molecule has 0 amide bonds. The summed E-state index contributed by atoms with van der Waals surface area (Å²) in [6.07, 6.45) is 3.21. The quantitative estimate of drug-likeness (QED) is 0.310. The summed E-state index contributed by atoms with van der Waals surface area (Å²) >= 11 is 0. The molecule has 0 saturated carbocycles. The maximum absolute atomic E-state index is 5.31. The first-order valence-electron chi connectivity index (χ1n) is 8.84. The van der Waals surface area contributed by atoms with Gasteiger partial charge >= 0.3 is 0 Å². The maximum atomic E-state index is 5.31. The van der Waals surface area contributed by atoms with E-state index in [9.17, 15) is 0 Å². The van der Waals surface area contributed by atoms with E-state index < -0.39 is 0 Å². The molecule has 1 fully saturated rings.